The lowest BCUT2D eigenvalue weighted by Crippen LogP contribution is -2.25. The highest BCUT2D eigenvalue weighted by Crippen LogP contribution is 2.26. The molecule has 6 heteroatoms. The fourth-order valence-corrected chi connectivity index (χ4v) is 3.84. The van der Waals surface area contributed by atoms with E-state index in [2.05, 4.69) is 5.32 Å². The molecule has 0 atom stereocenters. The van der Waals surface area contributed by atoms with Crippen LogP contribution in [0.3, 0.4) is 0 Å². The average Bonchev–Trinajstić information content (AvgIpc) is 3.32. The molecule has 0 aliphatic heterocycles. The Labute approximate surface area is 214 Å². The number of furan rings is 1. The first-order valence-corrected chi connectivity index (χ1v) is 11.8. The van der Waals surface area contributed by atoms with Crippen LogP contribution in [0.2, 0.25) is 10.0 Å². The number of ketones is 1. The molecule has 1 heterocycles. The molecular formula is C29H23Cl2NO3. The number of rotatable bonds is 8. The molecule has 35 heavy (non-hydrogen) atoms. The molecular weight excluding hydrogens is 481 g/mol. The Balaban J connectivity index is 1.58. The van der Waals surface area contributed by atoms with Crippen LogP contribution in [0.1, 0.15) is 33.7 Å². The third kappa shape index (κ3) is 6.50. The van der Waals surface area contributed by atoms with Crippen molar-refractivity contribution in [3.05, 3.63) is 123 Å². The maximum Gasteiger partial charge on any atom is 0.248 e. The molecule has 1 aromatic heterocycles. The SMILES string of the molecule is Cc1ccc(C(=O)C/C(=C/c2ccc(-c3ccc(Cl)cc3)o2)C(=O)NCc2ccccc2Cl)cc1. The number of carbonyl (C=O) groups is 2. The number of hydrogen-bond acceptors (Lipinski definition) is 3. The van der Waals surface area contributed by atoms with Crippen molar-refractivity contribution < 1.29 is 14.0 Å². The Morgan fingerprint density at radius 2 is 1.60 bits per heavy atom. The van der Waals surface area contributed by atoms with Gasteiger partial charge in [0.25, 0.3) is 0 Å². The van der Waals surface area contributed by atoms with Crippen LogP contribution in [0.5, 0.6) is 0 Å². The first-order chi connectivity index (χ1) is 16.9. The van der Waals surface area contributed by atoms with Crippen LogP contribution in [0.25, 0.3) is 17.4 Å². The Kier molecular flexibility index (Phi) is 7.86. The van der Waals surface area contributed by atoms with Gasteiger partial charge in [0.15, 0.2) is 5.78 Å². The summed E-state index contributed by atoms with van der Waals surface area (Å²) in [6.45, 7) is 2.19. The zero-order valence-electron chi connectivity index (χ0n) is 19.1. The molecule has 0 unspecified atom stereocenters. The summed E-state index contributed by atoms with van der Waals surface area (Å²) in [6.07, 6.45) is 1.53. The summed E-state index contributed by atoms with van der Waals surface area (Å²) >= 11 is 12.2. The summed E-state index contributed by atoms with van der Waals surface area (Å²) in [4.78, 5) is 26.1. The van der Waals surface area contributed by atoms with Gasteiger partial charge in [0.05, 0.1) is 0 Å². The minimum absolute atomic E-state index is 0.0750. The van der Waals surface area contributed by atoms with Gasteiger partial charge >= 0.3 is 0 Å². The number of carbonyl (C=O) groups excluding carboxylic acids is 2. The predicted octanol–water partition coefficient (Wildman–Crippen LogP) is 7.53. The van der Waals surface area contributed by atoms with Crippen LogP contribution < -0.4 is 5.32 Å². The summed E-state index contributed by atoms with van der Waals surface area (Å²) in [6, 6.07) is 25.4. The van der Waals surface area contributed by atoms with Gasteiger partial charge in [-0.2, -0.15) is 0 Å². The molecule has 0 fully saturated rings. The third-order valence-electron chi connectivity index (χ3n) is 5.49. The summed E-state index contributed by atoms with van der Waals surface area (Å²) < 4.78 is 5.94. The van der Waals surface area contributed by atoms with Crippen LogP contribution in [-0.4, -0.2) is 11.7 Å². The standard InChI is InChI=1S/C29H23Cl2NO3/c1-19-6-8-20(9-7-19)27(33)17-23(29(34)32-18-22-4-2-3-5-26(22)31)16-25-14-15-28(35-25)21-10-12-24(30)13-11-21/h2-16H,17-18H2,1H3,(H,32,34)/b23-16-. The van der Waals surface area contributed by atoms with E-state index in [1.54, 1.807) is 42.5 Å². The number of hydrogen-bond donors (Lipinski definition) is 1. The van der Waals surface area contributed by atoms with Crippen molar-refractivity contribution in [2.24, 2.45) is 0 Å². The molecule has 1 amide bonds. The summed E-state index contributed by atoms with van der Waals surface area (Å²) in [7, 11) is 0. The Hall–Kier alpha value is -3.60. The Bertz CT molecular complexity index is 1370. The predicted molar refractivity (Wildman–Crippen MR) is 141 cm³/mol. The van der Waals surface area contributed by atoms with Crippen molar-refractivity contribution in [1.82, 2.24) is 5.32 Å². The molecule has 1 N–H and O–H groups in total. The van der Waals surface area contributed by atoms with Gasteiger partial charge in [-0.15, -0.1) is 0 Å². The smallest absolute Gasteiger partial charge is 0.248 e. The van der Waals surface area contributed by atoms with E-state index in [0.717, 1.165) is 16.7 Å². The largest absolute Gasteiger partial charge is 0.457 e. The molecule has 0 saturated heterocycles. The highest BCUT2D eigenvalue weighted by atomic mass is 35.5. The Morgan fingerprint density at radius 3 is 2.31 bits per heavy atom. The van der Waals surface area contributed by atoms with E-state index in [9.17, 15) is 9.59 Å². The highest BCUT2D eigenvalue weighted by molar-refractivity contribution is 6.31. The van der Waals surface area contributed by atoms with Crippen molar-refractivity contribution in [1.29, 1.82) is 0 Å². The minimum Gasteiger partial charge on any atom is -0.457 e. The van der Waals surface area contributed by atoms with Gasteiger partial charge in [0, 0.05) is 39.7 Å². The van der Waals surface area contributed by atoms with E-state index >= 15 is 0 Å². The average molecular weight is 504 g/mol. The van der Waals surface area contributed by atoms with Crippen molar-refractivity contribution in [2.45, 2.75) is 19.9 Å². The fourth-order valence-electron chi connectivity index (χ4n) is 3.51. The topological polar surface area (TPSA) is 59.3 Å². The normalized spacial score (nSPS) is 11.3. The lowest BCUT2D eigenvalue weighted by atomic mass is 10.0. The first-order valence-electron chi connectivity index (χ1n) is 11.1. The quantitative estimate of drug-likeness (QED) is 0.199. The first kappa shape index (κ1) is 24.5. The molecule has 4 rings (SSSR count). The molecule has 0 spiro atoms. The van der Waals surface area contributed by atoms with Gasteiger partial charge in [-0.3, -0.25) is 9.59 Å². The van der Waals surface area contributed by atoms with Gasteiger partial charge in [-0.05, 0) is 61.0 Å². The van der Waals surface area contributed by atoms with E-state index in [0.29, 0.717) is 32.7 Å². The monoisotopic (exact) mass is 503 g/mol. The molecule has 0 aliphatic carbocycles. The second kappa shape index (κ2) is 11.2. The zero-order chi connectivity index (χ0) is 24.8. The van der Waals surface area contributed by atoms with E-state index < -0.39 is 0 Å². The summed E-state index contributed by atoms with van der Waals surface area (Å²) in [5.74, 6) is 0.576. The van der Waals surface area contributed by atoms with E-state index in [1.807, 2.05) is 55.5 Å². The number of halogens is 2. The second-order valence-corrected chi connectivity index (χ2v) is 8.96. The number of aryl methyl sites for hydroxylation is 1. The van der Waals surface area contributed by atoms with Crippen molar-refractivity contribution in [3.8, 4) is 11.3 Å². The molecule has 3 aromatic carbocycles. The molecule has 0 bridgehead atoms. The number of Topliss-reactive ketones (excluding diaryl/α,β-unsaturated/α-hetero) is 1. The fraction of sp³-hybridized carbons (Fsp3) is 0.103. The molecule has 0 aliphatic rings. The maximum absolute atomic E-state index is 13.1. The lowest BCUT2D eigenvalue weighted by molar-refractivity contribution is -0.117. The number of amides is 1. The second-order valence-electron chi connectivity index (χ2n) is 8.12. The van der Waals surface area contributed by atoms with Gasteiger partial charge in [-0.1, -0.05) is 71.2 Å². The zero-order valence-corrected chi connectivity index (χ0v) is 20.6. The van der Waals surface area contributed by atoms with Crippen molar-refractivity contribution in [3.63, 3.8) is 0 Å². The maximum atomic E-state index is 13.1. The molecule has 4 aromatic rings. The van der Waals surface area contributed by atoms with E-state index in [1.165, 1.54) is 0 Å². The van der Waals surface area contributed by atoms with Gasteiger partial charge in [-0.25, -0.2) is 0 Å². The van der Waals surface area contributed by atoms with Crippen molar-refractivity contribution in [2.75, 3.05) is 0 Å². The van der Waals surface area contributed by atoms with Crippen LogP contribution in [0, 0.1) is 6.92 Å². The van der Waals surface area contributed by atoms with E-state index in [-0.39, 0.29) is 24.7 Å². The molecule has 176 valence electrons. The summed E-state index contributed by atoms with van der Waals surface area (Å²) in [5, 5.41) is 4.07. The lowest BCUT2D eigenvalue weighted by Gasteiger charge is -2.10. The highest BCUT2D eigenvalue weighted by Gasteiger charge is 2.17. The van der Waals surface area contributed by atoms with Crippen molar-refractivity contribution >= 4 is 41.0 Å². The summed E-state index contributed by atoms with van der Waals surface area (Å²) in [5.41, 5.74) is 3.53. The van der Waals surface area contributed by atoms with Crippen LogP contribution in [0.4, 0.5) is 0 Å². The Morgan fingerprint density at radius 1 is 0.886 bits per heavy atom. The third-order valence-corrected chi connectivity index (χ3v) is 6.11. The molecule has 0 radical (unpaired) electrons. The van der Waals surface area contributed by atoms with Crippen LogP contribution in [0.15, 0.2) is 94.9 Å². The molecule has 4 nitrogen and oxygen atoms in total. The van der Waals surface area contributed by atoms with E-state index in [4.69, 9.17) is 27.6 Å². The minimum atomic E-state index is -0.366. The number of benzene rings is 3. The van der Waals surface area contributed by atoms with Crippen LogP contribution >= 0.6 is 23.2 Å². The van der Waals surface area contributed by atoms with Gasteiger partial charge in [0.1, 0.15) is 11.5 Å². The molecule has 0 saturated carbocycles. The number of nitrogens with one attached hydrogen (secondary N) is 1. The van der Waals surface area contributed by atoms with Crippen LogP contribution in [-0.2, 0) is 11.3 Å². The van der Waals surface area contributed by atoms with Gasteiger partial charge in [0.2, 0.25) is 5.91 Å². The van der Waals surface area contributed by atoms with Gasteiger partial charge < -0.3 is 9.73 Å².